The maximum absolute atomic E-state index is 12.6. The predicted molar refractivity (Wildman–Crippen MR) is 101 cm³/mol. The van der Waals surface area contributed by atoms with Crippen LogP contribution in [0.3, 0.4) is 0 Å². The first-order valence-corrected chi connectivity index (χ1v) is 9.23. The molecule has 1 aliphatic carbocycles. The smallest absolute Gasteiger partial charge is 0.228 e. The first-order chi connectivity index (χ1) is 11.9. The van der Waals surface area contributed by atoms with E-state index in [1.807, 2.05) is 12.1 Å². The standard InChI is InChI=1S/C21H30N2O2/c1-15(2)13-18-19(21(18,3)4)20(24)22-17-7-5-16(6-8-17)14-23-9-11-25-12-10-23/h5-8,13,18-19H,9-12,14H2,1-4H3,(H,22,24). The molecular formula is C21H30N2O2. The zero-order valence-electron chi connectivity index (χ0n) is 15.8. The summed E-state index contributed by atoms with van der Waals surface area (Å²) in [6, 6.07) is 8.24. The van der Waals surface area contributed by atoms with Crippen LogP contribution in [0.15, 0.2) is 35.9 Å². The van der Waals surface area contributed by atoms with Gasteiger partial charge in [0, 0.05) is 25.3 Å². The van der Waals surface area contributed by atoms with Gasteiger partial charge in [0.15, 0.2) is 0 Å². The largest absolute Gasteiger partial charge is 0.379 e. The summed E-state index contributed by atoms with van der Waals surface area (Å²) in [6.45, 7) is 13.1. The van der Waals surface area contributed by atoms with E-state index < -0.39 is 0 Å². The Hall–Kier alpha value is -1.65. The number of carbonyl (C=O) groups excluding carboxylic acids is 1. The van der Waals surface area contributed by atoms with Gasteiger partial charge in [-0.05, 0) is 42.9 Å². The van der Waals surface area contributed by atoms with Gasteiger partial charge in [0.2, 0.25) is 5.91 Å². The summed E-state index contributed by atoms with van der Waals surface area (Å²) < 4.78 is 5.38. The number of hydrogen-bond acceptors (Lipinski definition) is 3. The van der Waals surface area contributed by atoms with Crippen LogP contribution in [-0.2, 0) is 16.1 Å². The molecule has 1 aromatic carbocycles. The molecule has 1 heterocycles. The summed E-state index contributed by atoms with van der Waals surface area (Å²) in [5, 5.41) is 3.09. The number of nitrogens with one attached hydrogen (secondary N) is 1. The Bertz CT molecular complexity index is 638. The van der Waals surface area contributed by atoms with Crippen LogP contribution in [0.2, 0.25) is 0 Å². The second-order valence-corrected chi connectivity index (χ2v) is 8.14. The number of morpholine rings is 1. The summed E-state index contributed by atoms with van der Waals surface area (Å²) in [5.41, 5.74) is 3.49. The van der Waals surface area contributed by atoms with E-state index in [-0.39, 0.29) is 17.2 Å². The SMILES string of the molecule is CC(C)=CC1C(C(=O)Nc2ccc(CN3CCOCC3)cc2)C1(C)C. The lowest BCUT2D eigenvalue weighted by Crippen LogP contribution is -2.35. The van der Waals surface area contributed by atoms with Crippen LogP contribution in [0.1, 0.15) is 33.3 Å². The number of ether oxygens (including phenoxy) is 1. The van der Waals surface area contributed by atoms with Gasteiger partial charge in [0.25, 0.3) is 0 Å². The second-order valence-electron chi connectivity index (χ2n) is 8.14. The number of carbonyl (C=O) groups is 1. The third-order valence-electron chi connectivity index (χ3n) is 5.44. The normalized spacial score (nSPS) is 25.3. The van der Waals surface area contributed by atoms with Crippen molar-refractivity contribution >= 4 is 11.6 Å². The van der Waals surface area contributed by atoms with Crippen molar-refractivity contribution in [3.05, 3.63) is 41.5 Å². The Kier molecular flexibility index (Phi) is 5.30. The average molecular weight is 342 g/mol. The van der Waals surface area contributed by atoms with Crippen LogP contribution < -0.4 is 5.32 Å². The quantitative estimate of drug-likeness (QED) is 0.830. The molecule has 1 saturated carbocycles. The fourth-order valence-corrected chi connectivity index (χ4v) is 3.78. The monoisotopic (exact) mass is 342 g/mol. The molecule has 2 unspecified atom stereocenters. The number of benzene rings is 1. The van der Waals surface area contributed by atoms with E-state index in [1.54, 1.807) is 0 Å². The van der Waals surface area contributed by atoms with E-state index in [1.165, 1.54) is 11.1 Å². The van der Waals surface area contributed by atoms with Crippen molar-refractivity contribution in [1.29, 1.82) is 0 Å². The first-order valence-electron chi connectivity index (χ1n) is 9.23. The molecule has 136 valence electrons. The lowest BCUT2D eigenvalue weighted by molar-refractivity contribution is -0.118. The molecule has 1 aliphatic heterocycles. The van der Waals surface area contributed by atoms with Gasteiger partial charge in [0.1, 0.15) is 0 Å². The molecule has 1 aromatic rings. The molecule has 1 amide bonds. The molecule has 2 fully saturated rings. The highest BCUT2D eigenvalue weighted by atomic mass is 16.5. The van der Waals surface area contributed by atoms with E-state index >= 15 is 0 Å². The molecular weight excluding hydrogens is 312 g/mol. The van der Waals surface area contributed by atoms with Crippen LogP contribution in [0.5, 0.6) is 0 Å². The van der Waals surface area contributed by atoms with Gasteiger partial charge in [-0.25, -0.2) is 0 Å². The van der Waals surface area contributed by atoms with E-state index in [0.29, 0.717) is 5.92 Å². The van der Waals surface area contributed by atoms with Gasteiger partial charge in [-0.15, -0.1) is 0 Å². The average Bonchev–Trinajstić information content (AvgIpc) is 3.10. The van der Waals surface area contributed by atoms with Crippen molar-refractivity contribution in [1.82, 2.24) is 4.90 Å². The number of amides is 1. The molecule has 0 spiro atoms. The molecule has 1 saturated heterocycles. The first kappa shape index (κ1) is 18.2. The van der Waals surface area contributed by atoms with Crippen LogP contribution in [0.4, 0.5) is 5.69 Å². The number of nitrogens with zero attached hydrogens (tertiary/aromatic N) is 1. The fraction of sp³-hybridized carbons (Fsp3) is 0.571. The zero-order chi connectivity index (χ0) is 18.0. The minimum Gasteiger partial charge on any atom is -0.379 e. The van der Waals surface area contributed by atoms with E-state index in [4.69, 9.17) is 4.74 Å². The minimum absolute atomic E-state index is 0.0532. The van der Waals surface area contributed by atoms with Crippen LogP contribution in [0.25, 0.3) is 0 Å². The Labute approximate surface area is 151 Å². The van der Waals surface area contributed by atoms with Gasteiger partial charge in [-0.1, -0.05) is 37.6 Å². The fourth-order valence-electron chi connectivity index (χ4n) is 3.78. The van der Waals surface area contributed by atoms with Crippen molar-refractivity contribution in [3.8, 4) is 0 Å². The number of allylic oxidation sites excluding steroid dienone is 2. The summed E-state index contributed by atoms with van der Waals surface area (Å²) >= 11 is 0. The van der Waals surface area contributed by atoms with E-state index in [9.17, 15) is 4.79 Å². The summed E-state index contributed by atoms with van der Waals surface area (Å²) in [6.07, 6.45) is 2.23. The van der Waals surface area contributed by atoms with Gasteiger partial charge in [0.05, 0.1) is 19.1 Å². The van der Waals surface area contributed by atoms with E-state index in [0.717, 1.165) is 38.5 Å². The summed E-state index contributed by atoms with van der Waals surface area (Å²) in [4.78, 5) is 15.0. The Balaban J connectivity index is 1.56. The van der Waals surface area contributed by atoms with Crippen molar-refractivity contribution < 1.29 is 9.53 Å². The molecule has 1 N–H and O–H groups in total. The van der Waals surface area contributed by atoms with Crippen molar-refractivity contribution in [3.63, 3.8) is 0 Å². The lowest BCUT2D eigenvalue weighted by Gasteiger charge is -2.26. The van der Waals surface area contributed by atoms with Gasteiger partial charge < -0.3 is 10.1 Å². The molecule has 3 rings (SSSR count). The maximum Gasteiger partial charge on any atom is 0.228 e. The molecule has 0 bridgehead atoms. The number of rotatable bonds is 5. The van der Waals surface area contributed by atoms with E-state index in [2.05, 4.69) is 56.1 Å². The molecule has 2 aliphatic rings. The molecule has 0 aromatic heterocycles. The Morgan fingerprint density at radius 1 is 1.24 bits per heavy atom. The maximum atomic E-state index is 12.6. The summed E-state index contributed by atoms with van der Waals surface area (Å²) in [5.74, 6) is 0.543. The van der Waals surface area contributed by atoms with Crippen molar-refractivity contribution in [2.24, 2.45) is 17.3 Å². The highest BCUT2D eigenvalue weighted by Crippen LogP contribution is 2.59. The van der Waals surface area contributed by atoms with Crippen molar-refractivity contribution in [2.75, 3.05) is 31.6 Å². The second kappa shape index (κ2) is 7.30. The lowest BCUT2D eigenvalue weighted by atomic mass is 10.1. The summed E-state index contributed by atoms with van der Waals surface area (Å²) in [7, 11) is 0. The minimum atomic E-state index is 0.0532. The van der Waals surface area contributed by atoms with Crippen LogP contribution in [-0.4, -0.2) is 37.1 Å². The third kappa shape index (κ3) is 4.31. The molecule has 25 heavy (non-hydrogen) atoms. The molecule has 4 heteroatoms. The van der Waals surface area contributed by atoms with Crippen LogP contribution >= 0.6 is 0 Å². The highest BCUT2D eigenvalue weighted by Gasteiger charge is 2.60. The molecule has 0 radical (unpaired) electrons. The molecule has 4 nitrogen and oxygen atoms in total. The number of hydrogen-bond donors (Lipinski definition) is 1. The predicted octanol–water partition coefficient (Wildman–Crippen LogP) is 3.70. The van der Waals surface area contributed by atoms with Gasteiger partial charge >= 0.3 is 0 Å². The zero-order valence-corrected chi connectivity index (χ0v) is 15.8. The topological polar surface area (TPSA) is 41.6 Å². The van der Waals surface area contributed by atoms with Gasteiger partial charge in [-0.3, -0.25) is 9.69 Å². The van der Waals surface area contributed by atoms with Gasteiger partial charge in [-0.2, -0.15) is 0 Å². The highest BCUT2D eigenvalue weighted by molar-refractivity contribution is 5.95. The van der Waals surface area contributed by atoms with Crippen LogP contribution in [0, 0.1) is 17.3 Å². The van der Waals surface area contributed by atoms with Crippen molar-refractivity contribution in [2.45, 2.75) is 34.2 Å². The Morgan fingerprint density at radius 3 is 2.48 bits per heavy atom. The third-order valence-corrected chi connectivity index (χ3v) is 5.44. The molecule has 2 atom stereocenters. The Morgan fingerprint density at radius 2 is 1.88 bits per heavy atom. The number of anilines is 1.